The summed E-state index contributed by atoms with van der Waals surface area (Å²) < 4.78 is 0. The molecule has 1 N–H and O–H groups in total. The van der Waals surface area contributed by atoms with E-state index in [9.17, 15) is 4.79 Å². The summed E-state index contributed by atoms with van der Waals surface area (Å²) in [6.07, 6.45) is 5.93. The number of benzene rings is 1. The molecule has 2 heteroatoms. The second-order valence-corrected chi connectivity index (χ2v) is 5.75. The van der Waals surface area contributed by atoms with Crippen molar-refractivity contribution in [2.45, 2.75) is 33.6 Å². The predicted molar refractivity (Wildman–Crippen MR) is 83.5 cm³/mol. The van der Waals surface area contributed by atoms with Gasteiger partial charge >= 0.3 is 0 Å². The van der Waals surface area contributed by atoms with Crippen molar-refractivity contribution in [1.29, 1.82) is 0 Å². The molecule has 20 heavy (non-hydrogen) atoms. The summed E-state index contributed by atoms with van der Waals surface area (Å²) in [6, 6.07) is 8.46. The molecule has 1 aliphatic rings. The average Bonchev–Trinajstić information content (AvgIpc) is 2.40. The SMILES string of the molecule is CC1=CC(C)CC(C(=O)NCCc2ccc(C)cc2)=C1. The van der Waals surface area contributed by atoms with Gasteiger partial charge in [-0.2, -0.15) is 0 Å². The molecular formula is C18H23NO. The van der Waals surface area contributed by atoms with Crippen LogP contribution >= 0.6 is 0 Å². The van der Waals surface area contributed by atoms with Crippen LogP contribution in [0.4, 0.5) is 0 Å². The zero-order valence-corrected chi connectivity index (χ0v) is 12.6. The van der Waals surface area contributed by atoms with Crippen LogP contribution in [-0.4, -0.2) is 12.5 Å². The van der Waals surface area contributed by atoms with E-state index in [-0.39, 0.29) is 5.91 Å². The van der Waals surface area contributed by atoms with Crippen LogP contribution in [0.1, 0.15) is 31.4 Å². The Labute approximate surface area is 121 Å². The monoisotopic (exact) mass is 269 g/mol. The van der Waals surface area contributed by atoms with Crippen molar-refractivity contribution in [2.24, 2.45) is 5.92 Å². The van der Waals surface area contributed by atoms with Gasteiger partial charge in [0.15, 0.2) is 0 Å². The maximum atomic E-state index is 12.1. The molecule has 1 atom stereocenters. The molecule has 0 radical (unpaired) electrons. The van der Waals surface area contributed by atoms with Gasteiger partial charge in [-0.25, -0.2) is 0 Å². The first-order valence-corrected chi connectivity index (χ1v) is 7.27. The number of nitrogens with one attached hydrogen (secondary N) is 1. The van der Waals surface area contributed by atoms with Crippen LogP contribution in [0.5, 0.6) is 0 Å². The summed E-state index contributed by atoms with van der Waals surface area (Å²) >= 11 is 0. The number of allylic oxidation sites excluding steroid dienone is 3. The van der Waals surface area contributed by atoms with E-state index in [1.165, 1.54) is 16.7 Å². The van der Waals surface area contributed by atoms with Gasteiger partial charge in [0.2, 0.25) is 5.91 Å². The molecule has 1 amide bonds. The highest BCUT2D eigenvalue weighted by Gasteiger charge is 2.15. The molecule has 0 spiro atoms. The van der Waals surface area contributed by atoms with E-state index in [0.717, 1.165) is 18.4 Å². The van der Waals surface area contributed by atoms with Crippen LogP contribution < -0.4 is 5.32 Å². The standard InChI is InChI=1S/C18H23NO/c1-13-4-6-16(7-5-13)8-9-19-18(20)17-11-14(2)10-15(3)12-17/h4-7,10-11,15H,8-9,12H2,1-3H3,(H,19,20). The molecule has 0 saturated heterocycles. The molecule has 1 aromatic rings. The van der Waals surface area contributed by atoms with Gasteiger partial charge < -0.3 is 5.32 Å². The Balaban J connectivity index is 1.84. The number of hydrogen-bond donors (Lipinski definition) is 1. The Bertz CT molecular complexity index is 537. The fourth-order valence-corrected chi connectivity index (χ4v) is 2.58. The van der Waals surface area contributed by atoms with E-state index in [4.69, 9.17) is 0 Å². The van der Waals surface area contributed by atoms with Gasteiger partial charge in [-0.3, -0.25) is 4.79 Å². The largest absolute Gasteiger partial charge is 0.352 e. The Morgan fingerprint density at radius 1 is 1.25 bits per heavy atom. The van der Waals surface area contributed by atoms with Crippen molar-refractivity contribution in [3.8, 4) is 0 Å². The number of rotatable bonds is 4. The molecule has 1 aliphatic carbocycles. The second kappa shape index (κ2) is 6.56. The van der Waals surface area contributed by atoms with Gasteiger partial charge in [0.1, 0.15) is 0 Å². The normalized spacial score (nSPS) is 18.2. The lowest BCUT2D eigenvalue weighted by atomic mass is 9.92. The highest BCUT2D eigenvalue weighted by Crippen LogP contribution is 2.22. The highest BCUT2D eigenvalue weighted by atomic mass is 16.1. The van der Waals surface area contributed by atoms with Crippen LogP contribution in [0, 0.1) is 12.8 Å². The maximum absolute atomic E-state index is 12.1. The van der Waals surface area contributed by atoms with E-state index in [1.807, 2.05) is 6.08 Å². The summed E-state index contributed by atoms with van der Waals surface area (Å²) in [5, 5.41) is 3.02. The Hall–Kier alpha value is -1.83. The van der Waals surface area contributed by atoms with Gasteiger partial charge in [-0.1, -0.05) is 54.5 Å². The van der Waals surface area contributed by atoms with Crippen molar-refractivity contribution in [3.05, 3.63) is 58.7 Å². The van der Waals surface area contributed by atoms with Gasteiger partial charge in [0.25, 0.3) is 0 Å². The first-order valence-electron chi connectivity index (χ1n) is 7.27. The van der Waals surface area contributed by atoms with Crippen molar-refractivity contribution in [1.82, 2.24) is 5.32 Å². The van der Waals surface area contributed by atoms with Crippen LogP contribution in [0.25, 0.3) is 0 Å². The number of aryl methyl sites for hydroxylation is 1. The molecule has 2 nitrogen and oxygen atoms in total. The minimum Gasteiger partial charge on any atom is -0.352 e. The van der Waals surface area contributed by atoms with Gasteiger partial charge in [-0.05, 0) is 38.2 Å². The van der Waals surface area contributed by atoms with E-state index in [2.05, 4.69) is 56.4 Å². The molecule has 0 saturated carbocycles. The number of carbonyl (C=O) groups excluding carboxylic acids is 1. The summed E-state index contributed by atoms with van der Waals surface area (Å²) in [5.74, 6) is 0.536. The molecule has 0 aromatic heterocycles. The Morgan fingerprint density at radius 2 is 1.95 bits per heavy atom. The average molecular weight is 269 g/mol. The molecule has 0 fully saturated rings. The molecule has 106 valence electrons. The van der Waals surface area contributed by atoms with Crippen LogP contribution in [0.2, 0.25) is 0 Å². The molecular weight excluding hydrogens is 246 g/mol. The Kier molecular flexibility index (Phi) is 4.78. The highest BCUT2D eigenvalue weighted by molar-refractivity contribution is 5.94. The van der Waals surface area contributed by atoms with E-state index >= 15 is 0 Å². The van der Waals surface area contributed by atoms with Crippen molar-refractivity contribution >= 4 is 5.91 Å². The number of carbonyl (C=O) groups is 1. The third-order valence-electron chi connectivity index (χ3n) is 3.60. The van der Waals surface area contributed by atoms with Gasteiger partial charge in [-0.15, -0.1) is 0 Å². The molecule has 0 heterocycles. The third-order valence-corrected chi connectivity index (χ3v) is 3.60. The van der Waals surface area contributed by atoms with Crippen LogP contribution in [-0.2, 0) is 11.2 Å². The zero-order valence-electron chi connectivity index (χ0n) is 12.6. The number of hydrogen-bond acceptors (Lipinski definition) is 1. The van der Waals surface area contributed by atoms with Gasteiger partial charge in [0, 0.05) is 12.1 Å². The minimum atomic E-state index is 0.0800. The van der Waals surface area contributed by atoms with Crippen molar-refractivity contribution in [2.75, 3.05) is 6.54 Å². The minimum absolute atomic E-state index is 0.0800. The fraction of sp³-hybridized carbons (Fsp3) is 0.389. The quantitative estimate of drug-likeness (QED) is 0.889. The Morgan fingerprint density at radius 3 is 2.60 bits per heavy atom. The van der Waals surface area contributed by atoms with Crippen molar-refractivity contribution < 1.29 is 4.79 Å². The lowest BCUT2D eigenvalue weighted by Crippen LogP contribution is -2.28. The van der Waals surface area contributed by atoms with E-state index in [1.54, 1.807) is 0 Å². The molecule has 1 aromatic carbocycles. The molecule has 0 aliphatic heterocycles. The van der Waals surface area contributed by atoms with Gasteiger partial charge in [0.05, 0.1) is 0 Å². The lowest BCUT2D eigenvalue weighted by Gasteiger charge is -2.16. The first-order chi connectivity index (χ1) is 9.54. The molecule has 2 rings (SSSR count). The summed E-state index contributed by atoms with van der Waals surface area (Å²) in [6.45, 7) is 6.97. The predicted octanol–water partition coefficient (Wildman–Crippen LogP) is 3.57. The van der Waals surface area contributed by atoms with Crippen LogP contribution in [0.15, 0.2) is 47.6 Å². The second-order valence-electron chi connectivity index (χ2n) is 5.75. The maximum Gasteiger partial charge on any atom is 0.247 e. The van der Waals surface area contributed by atoms with Crippen molar-refractivity contribution in [3.63, 3.8) is 0 Å². The van der Waals surface area contributed by atoms with Crippen LogP contribution in [0.3, 0.4) is 0 Å². The fourth-order valence-electron chi connectivity index (χ4n) is 2.58. The topological polar surface area (TPSA) is 29.1 Å². The van der Waals surface area contributed by atoms with E-state index in [0.29, 0.717) is 12.5 Å². The molecule has 0 bridgehead atoms. The third kappa shape index (κ3) is 4.09. The molecule has 1 unspecified atom stereocenters. The lowest BCUT2D eigenvalue weighted by molar-refractivity contribution is -0.117. The zero-order chi connectivity index (χ0) is 14.5. The number of amides is 1. The smallest absolute Gasteiger partial charge is 0.247 e. The summed E-state index contributed by atoms with van der Waals surface area (Å²) in [7, 11) is 0. The van der Waals surface area contributed by atoms with E-state index < -0.39 is 0 Å². The first kappa shape index (κ1) is 14.6. The summed E-state index contributed by atoms with van der Waals surface area (Å²) in [4.78, 5) is 12.1. The summed E-state index contributed by atoms with van der Waals surface area (Å²) in [5.41, 5.74) is 4.62.